The molecule has 1 aliphatic heterocycles. The Morgan fingerprint density at radius 1 is 1.22 bits per heavy atom. The molecule has 3 rings (SSSR count). The Kier molecular flexibility index (Phi) is 4.26. The molecule has 1 saturated heterocycles. The van der Waals surface area contributed by atoms with E-state index in [1.165, 1.54) is 11.1 Å². The highest BCUT2D eigenvalue weighted by Gasteiger charge is 2.26. The van der Waals surface area contributed by atoms with E-state index in [0.29, 0.717) is 31.1 Å². The number of aryl methyl sites for hydroxylation is 2. The second-order valence-electron chi connectivity index (χ2n) is 5.88. The van der Waals surface area contributed by atoms with Gasteiger partial charge >= 0.3 is 0 Å². The number of anilines is 1. The average Bonchev–Trinajstić information content (AvgIpc) is 2.57. The monoisotopic (exact) mass is 308 g/mol. The van der Waals surface area contributed by atoms with Crippen molar-refractivity contribution in [3.05, 3.63) is 52.2 Å². The van der Waals surface area contributed by atoms with Gasteiger partial charge in [-0.05, 0) is 37.5 Å². The van der Waals surface area contributed by atoms with E-state index in [-0.39, 0.29) is 6.10 Å². The van der Waals surface area contributed by atoms with E-state index in [0.717, 1.165) is 11.3 Å². The summed E-state index contributed by atoms with van der Waals surface area (Å²) < 4.78 is 5.95. The first kappa shape index (κ1) is 15.4. The summed E-state index contributed by atoms with van der Waals surface area (Å²) in [5.41, 5.74) is 4.71. The molecule has 1 atom stereocenters. The van der Waals surface area contributed by atoms with Crippen LogP contribution in [0.5, 0.6) is 0 Å². The SMILES string of the molecule is Cc1ccccc1C1CN(c2nnc(C)c(C)c2C#N)CCO1. The van der Waals surface area contributed by atoms with Gasteiger partial charge in [-0.2, -0.15) is 10.4 Å². The minimum Gasteiger partial charge on any atom is -0.370 e. The first-order valence-electron chi connectivity index (χ1n) is 7.78. The molecule has 0 bridgehead atoms. The number of hydrogen-bond donors (Lipinski definition) is 0. The molecule has 5 nitrogen and oxygen atoms in total. The molecule has 0 amide bonds. The van der Waals surface area contributed by atoms with E-state index in [1.807, 2.05) is 26.0 Å². The fourth-order valence-electron chi connectivity index (χ4n) is 2.93. The fraction of sp³-hybridized carbons (Fsp3) is 0.389. The van der Waals surface area contributed by atoms with Gasteiger partial charge in [0.05, 0.1) is 12.3 Å². The number of nitriles is 1. The maximum Gasteiger partial charge on any atom is 0.169 e. The third-order valence-corrected chi connectivity index (χ3v) is 4.45. The van der Waals surface area contributed by atoms with Crippen LogP contribution in [0.2, 0.25) is 0 Å². The van der Waals surface area contributed by atoms with Gasteiger partial charge in [-0.25, -0.2) is 0 Å². The van der Waals surface area contributed by atoms with Crippen LogP contribution in [0.3, 0.4) is 0 Å². The summed E-state index contributed by atoms with van der Waals surface area (Å²) >= 11 is 0. The molecule has 23 heavy (non-hydrogen) atoms. The number of ether oxygens (including phenoxy) is 1. The lowest BCUT2D eigenvalue weighted by molar-refractivity contribution is 0.0390. The van der Waals surface area contributed by atoms with Crippen LogP contribution in [0.4, 0.5) is 5.82 Å². The van der Waals surface area contributed by atoms with Crippen LogP contribution in [-0.2, 0) is 4.74 Å². The number of nitrogens with zero attached hydrogens (tertiary/aromatic N) is 4. The van der Waals surface area contributed by atoms with Crippen molar-refractivity contribution < 1.29 is 4.74 Å². The van der Waals surface area contributed by atoms with Gasteiger partial charge in [0.15, 0.2) is 5.82 Å². The van der Waals surface area contributed by atoms with Gasteiger partial charge in [0.25, 0.3) is 0 Å². The van der Waals surface area contributed by atoms with E-state index in [9.17, 15) is 5.26 Å². The third kappa shape index (κ3) is 2.90. The molecule has 1 aromatic heterocycles. The minimum absolute atomic E-state index is 0.0140. The maximum absolute atomic E-state index is 9.51. The Morgan fingerprint density at radius 3 is 2.74 bits per heavy atom. The van der Waals surface area contributed by atoms with Gasteiger partial charge in [0.1, 0.15) is 17.7 Å². The van der Waals surface area contributed by atoms with E-state index >= 15 is 0 Å². The number of aromatic nitrogens is 2. The minimum atomic E-state index is -0.0140. The second-order valence-corrected chi connectivity index (χ2v) is 5.88. The number of benzene rings is 1. The molecule has 0 saturated carbocycles. The van der Waals surface area contributed by atoms with E-state index in [2.05, 4.69) is 40.2 Å². The number of morpholine rings is 1. The van der Waals surface area contributed by atoms with Gasteiger partial charge in [-0.1, -0.05) is 24.3 Å². The molecule has 0 N–H and O–H groups in total. The van der Waals surface area contributed by atoms with Crippen LogP contribution >= 0.6 is 0 Å². The largest absolute Gasteiger partial charge is 0.370 e. The molecule has 0 spiro atoms. The summed E-state index contributed by atoms with van der Waals surface area (Å²) in [6, 6.07) is 10.5. The molecule has 1 aromatic carbocycles. The normalized spacial score (nSPS) is 17.8. The smallest absolute Gasteiger partial charge is 0.169 e. The Balaban J connectivity index is 1.92. The fourth-order valence-corrected chi connectivity index (χ4v) is 2.93. The lowest BCUT2D eigenvalue weighted by atomic mass is 10.0. The zero-order valence-corrected chi connectivity index (χ0v) is 13.7. The molecular formula is C18H20N4O. The summed E-state index contributed by atoms with van der Waals surface area (Å²) in [5.74, 6) is 0.664. The summed E-state index contributed by atoms with van der Waals surface area (Å²) in [5, 5.41) is 18.0. The Labute approximate surface area is 136 Å². The van der Waals surface area contributed by atoms with E-state index in [4.69, 9.17) is 4.74 Å². The number of rotatable bonds is 2. The standard InChI is InChI=1S/C18H20N4O/c1-12-6-4-5-7-15(12)17-11-22(8-9-23-17)18-16(10-19)13(2)14(3)20-21-18/h4-7,17H,8-9,11H2,1-3H3. The van der Waals surface area contributed by atoms with Crippen molar-refractivity contribution in [3.63, 3.8) is 0 Å². The van der Waals surface area contributed by atoms with Crippen LogP contribution in [0, 0.1) is 32.1 Å². The highest BCUT2D eigenvalue weighted by atomic mass is 16.5. The summed E-state index contributed by atoms with van der Waals surface area (Å²) in [7, 11) is 0. The molecule has 5 heteroatoms. The van der Waals surface area contributed by atoms with Crippen molar-refractivity contribution in [2.75, 3.05) is 24.6 Å². The van der Waals surface area contributed by atoms with Crippen molar-refractivity contribution in [3.8, 4) is 6.07 Å². The van der Waals surface area contributed by atoms with Gasteiger partial charge < -0.3 is 9.64 Å². The van der Waals surface area contributed by atoms with Crippen LogP contribution < -0.4 is 4.90 Å². The maximum atomic E-state index is 9.51. The summed E-state index contributed by atoms with van der Waals surface area (Å²) in [6.07, 6.45) is -0.0140. The highest BCUT2D eigenvalue weighted by Crippen LogP contribution is 2.29. The first-order valence-corrected chi connectivity index (χ1v) is 7.78. The van der Waals surface area contributed by atoms with Crippen molar-refractivity contribution in [2.24, 2.45) is 0 Å². The van der Waals surface area contributed by atoms with Gasteiger partial charge in [0.2, 0.25) is 0 Å². The lowest BCUT2D eigenvalue weighted by Gasteiger charge is -2.34. The quantitative estimate of drug-likeness (QED) is 0.853. The van der Waals surface area contributed by atoms with Crippen LogP contribution in [-0.4, -0.2) is 29.9 Å². The van der Waals surface area contributed by atoms with E-state index < -0.39 is 0 Å². The molecule has 1 aliphatic rings. The van der Waals surface area contributed by atoms with Gasteiger partial charge in [0, 0.05) is 13.1 Å². The molecule has 118 valence electrons. The lowest BCUT2D eigenvalue weighted by Crippen LogP contribution is -2.39. The van der Waals surface area contributed by atoms with Crippen LogP contribution in [0.15, 0.2) is 24.3 Å². The predicted molar refractivity (Wildman–Crippen MR) is 88.3 cm³/mol. The predicted octanol–water partition coefficient (Wildman–Crippen LogP) is 2.85. The summed E-state index contributed by atoms with van der Waals surface area (Å²) in [4.78, 5) is 2.11. The van der Waals surface area contributed by atoms with Crippen molar-refractivity contribution in [2.45, 2.75) is 26.9 Å². The highest BCUT2D eigenvalue weighted by molar-refractivity contribution is 5.58. The van der Waals surface area contributed by atoms with Crippen molar-refractivity contribution in [1.29, 1.82) is 5.26 Å². The Hall–Kier alpha value is -2.45. The van der Waals surface area contributed by atoms with E-state index in [1.54, 1.807) is 0 Å². The topological polar surface area (TPSA) is 62.0 Å². The summed E-state index contributed by atoms with van der Waals surface area (Å²) in [6.45, 7) is 7.89. The van der Waals surface area contributed by atoms with Crippen LogP contribution in [0.25, 0.3) is 0 Å². The second kappa shape index (κ2) is 6.35. The van der Waals surface area contributed by atoms with Gasteiger partial charge in [-0.15, -0.1) is 5.10 Å². The molecule has 2 heterocycles. The third-order valence-electron chi connectivity index (χ3n) is 4.45. The first-order chi connectivity index (χ1) is 11.1. The number of hydrogen-bond acceptors (Lipinski definition) is 5. The van der Waals surface area contributed by atoms with Gasteiger partial charge in [-0.3, -0.25) is 0 Å². The molecule has 1 unspecified atom stereocenters. The molecule has 0 radical (unpaired) electrons. The average molecular weight is 308 g/mol. The Morgan fingerprint density at radius 2 is 2.00 bits per heavy atom. The van der Waals surface area contributed by atoms with Crippen molar-refractivity contribution >= 4 is 5.82 Å². The zero-order chi connectivity index (χ0) is 16.4. The van der Waals surface area contributed by atoms with Crippen LogP contribution in [0.1, 0.15) is 34.1 Å². The van der Waals surface area contributed by atoms with Crippen molar-refractivity contribution in [1.82, 2.24) is 10.2 Å². The zero-order valence-electron chi connectivity index (χ0n) is 13.7. The molecular weight excluding hydrogens is 288 g/mol. The molecule has 1 fully saturated rings. The Bertz CT molecular complexity index is 766. The molecule has 0 aliphatic carbocycles. The molecule has 2 aromatic rings.